The minimum absolute atomic E-state index is 0.286. The topological polar surface area (TPSA) is 64.3 Å². The molecule has 0 fully saturated rings. The molecule has 0 aliphatic heterocycles. The van der Waals surface area contributed by atoms with Gasteiger partial charge >= 0.3 is 0 Å². The van der Waals surface area contributed by atoms with E-state index in [0.717, 1.165) is 18.1 Å². The van der Waals surface area contributed by atoms with Crippen LogP contribution in [0.5, 0.6) is 0 Å². The Bertz CT molecular complexity index is 945. The fraction of sp³-hybridized carbons (Fsp3) is 0.200. The summed E-state index contributed by atoms with van der Waals surface area (Å²) in [5.74, 6) is -0.833. The Morgan fingerprint density at radius 2 is 1.72 bits per heavy atom. The largest absolute Gasteiger partial charge is 0.481 e. The van der Waals surface area contributed by atoms with Crippen LogP contribution in [0.15, 0.2) is 55.1 Å². The normalized spacial score (nSPS) is 11.5. The van der Waals surface area contributed by atoms with Crippen molar-refractivity contribution >= 4 is 52.4 Å². The molecule has 0 radical (unpaired) electrons. The van der Waals surface area contributed by atoms with Crippen molar-refractivity contribution in [3.8, 4) is 0 Å². The number of carbonyl (C=O) groups is 1. The first kappa shape index (κ1) is 23.5. The zero-order valence-electron chi connectivity index (χ0n) is 15.4. The second-order valence-electron chi connectivity index (χ2n) is 5.98. The van der Waals surface area contributed by atoms with E-state index in [0.29, 0.717) is 33.2 Å². The minimum Gasteiger partial charge on any atom is -0.481 e. The molecule has 0 bridgehead atoms. The van der Waals surface area contributed by atoms with E-state index in [1.54, 1.807) is 36.8 Å². The molecule has 9 heteroatoms. The van der Waals surface area contributed by atoms with Crippen LogP contribution in [0.2, 0.25) is 20.1 Å². The number of hydrogen-bond donors (Lipinski definition) is 1. The summed E-state index contributed by atoms with van der Waals surface area (Å²) in [7, 11) is 0. The second kappa shape index (κ2) is 11.4. The lowest BCUT2D eigenvalue weighted by atomic mass is 10.1. The highest BCUT2D eigenvalue weighted by atomic mass is 35.5. The third-order valence-corrected chi connectivity index (χ3v) is 4.85. The van der Waals surface area contributed by atoms with Gasteiger partial charge in [-0.1, -0.05) is 58.5 Å². The van der Waals surface area contributed by atoms with Crippen LogP contribution in [0.25, 0.3) is 0 Å². The van der Waals surface area contributed by atoms with Gasteiger partial charge in [-0.2, -0.15) is 0 Å². The van der Waals surface area contributed by atoms with Gasteiger partial charge < -0.3 is 14.4 Å². The van der Waals surface area contributed by atoms with E-state index in [9.17, 15) is 0 Å². The van der Waals surface area contributed by atoms with Crippen LogP contribution >= 0.6 is 46.4 Å². The van der Waals surface area contributed by atoms with Crippen molar-refractivity contribution in [3.05, 3.63) is 86.3 Å². The van der Waals surface area contributed by atoms with Crippen LogP contribution in [0, 0.1) is 0 Å². The quantitative estimate of drug-likeness (QED) is 0.439. The first-order valence-corrected chi connectivity index (χ1v) is 9.93. The summed E-state index contributed by atoms with van der Waals surface area (Å²) in [4.78, 5) is 13.1. The van der Waals surface area contributed by atoms with Crippen LogP contribution in [0.3, 0.4) is 0 Å². The summed E-state index contributed by atoms with van der Waals surface area (Å²) in [6, 6.07) is 10.7. The monoisotopic (exact) mass is 474 g/mol. The maximum atomic E-state index is 9.00. The second-order valence-corrected chi connectivity index (χ2v) is 7.67. The van der Waals surface area contributed by atoms with Crippen LogP contribution in [0.1, 0.15) is 24.2 Å². The molecule has 0 amide bonds. The lowest BCUT2D eigenvalue weighted by molar-refractivity contribution is -0.134. The molecule has 3 aromatic rings. The van der Waals surface area contributed by atoms with Crippen LogP contribution in [0.4, 0.5) is 0 Å². The first-order valence-electron chi connectivity index (χ1n) is 8.42. The Balaban J connectivity index is 0.000000687. The maximum Gasteiger partial charge on any atom is 0.300 e. The fourth-order valence-electron chi connectivity index (χ4n) is 2.42. The van der Waals surface area contributed by atoms with Gasteiger partial charge in [0.25, 0.3) is 5.97 Å². The first-order chi connectivity index (χ1) is 13.8. The van der Waals surface area contributed by atoms with Crippen molar-refractivity contribution in [2.75, 3.05) is 0 Å². The molecule has 29 heavy (non-hydrogen) atoms. The number of imidazole rings is 1. The van der Waals surface area contributed by atoms with Crippen LogP contribution < -0.4 is 0 Å². The number of halogens is 4. The average molecular weight is 476 g/mol. The third kappa shape index (κ3) is 7.88. The molecular weight excluding hydrogens is 458 g/mol. The highest BCUT2D eigenvalue weighted by molar-refractivity contribution is 6.35. The number of aromatic nitrogens is 2. The van der Waals surface area contributed by atoms with E-state index >= 15 is 0 Å². The molecule has 1 N–H and O–H groups in total. The molecule has 0 spiro atoms. The van der Waals surface area contributed by atoms with E-state index in [-0.39, 0.29) is 6.10 Å². The van der Waals surface area contributed by atoms with E-state index in [2.05, 4.69) is 4.98 Å². The van der Waals surface area contributed by atoms with Crippen molar-refractivity contribution < 1.29 is 14.6 Å². The lowest BCUT2D eigenvalue weighted by Gasteiger charge is -2.21. The Morgan fingerprint density at radius 3 is 2.28 bits per heavy atom. The number of rotatable bonds is 6. The van der Waals surface area contributed by atoms with Crippen molar-refractivity contribution in [1.29, 1.82) is 0 Å². The van der Waals surface area contributed by atoms with Crippen molar-refractivity contribution in [2.24, 2.45) is 0 Å². The summed E-state index contributed by atoms with van der Waals surface area (Å²) >= 11 is 24.5. The van der Waals surface area contributed by atoms with Gasteiger partial charge in [0.15, 0.2) is 0 Å². The summed E-state index contributed by atoms with van der Waals surface area (Å²) in [6.45, 7) is 1.97. The lowest BCUT2D eigenvalue weighted by Crippen LogP contribution is -2.12. The van der Waals surface area contributed by atoms with Crippen LogP contribution in [-0.4, -0.2) is 20.6 Å². The van der Waals surface area contributed by atoms with E-state index in [4.69, 9.17) is 61.0 Å². The van der Waals surface area contributed by atoms with Gasteiger partial charge in [-0.05, 0) is 29.8 Å². The fourth-order valence-corrected chi connectivity index (χ4v) is 3.41. The Labute approximate surface area is 188 Å². The Morgan fingerprint density at radius 1 is 1.10 bits per heavy atom. The summed E-state index contributed by atoms with van der Waals surface area (Å²) in [6.07, 6.45) is 5.03. The summed E-state index contributed by atoms with van der Waals surface area (Å²) in [5, 5.41) is 9.70. The molecule has 0 aliphatic carbocycles. The number of carboxylic acid groups (broad SMARTS) is 1. The minimum atomic E-state index is -0.833. The van der Waals surface area contributed by atoms with E-state index in [1.807, 2.05) is 22.9 Å². The van der Waals surface area contributed by atoms with Gasteiger partial charge in [-0.3, -0.25) is 4.79 Å². The van der Waals surface area contributed by atoms with Gasteiger partial charge in [-0.15, -0.1) is 0 Å². The van der Waals surface area contributed by atoms with Crippen LogP contribution in [-0.2, 0) is 22.7 Å². The molecule has 1 aromatic heterocycles. The van der Waals surface area contributed by atoms with E-state index < -0.39 is 5.97 Å². The SMILES string of the molecule is CC(=O)O.Clc1ccc(COC(Cn2ccnc2)c2ccc(Cl)cc2Cl)c(Cl)c1. The molecule has 154 valence electrons. The number of nitrogens with zero attached hydrogens (tertiary/aromatic N) is 2. The predicted molar refractivity (Wildman–Crippen MR) is 116 cm³/mol. The van der Waals surface area contributed by atoms with Crippen molar-refractivity contribution in [2.45, 2.75) is 26.2 Å². The Hall–Kier alpha value is -1.76. The molecule has 0 aliphatic rings. The smallest absolute Gasteiger partial charge is 0.300 e. The number of ether oxygens (including phenoxy) is 1. The number of aliphatic carboxylic acids is 1. The maximum absolute atomic E-state index is 9.00. The zero-order valence-corrected chi connectivity index (χ0v) is 18.4. The highest BCUT2D eigenvalue weighted by Crippen LogP contribution is 2.31. The standard InChI is InChI=1S/C18H14Cl4N2O.C2H4O2/c19-13-2-1-12(16(21)7-13)10-25-18(9-24-6-5-23-11-24)15-4-3-14(20)8-17(15)22;1-2(3)4/h1-8,11,18H,9-10H2;1H3,(H,3,4). The molecule has 5 nitrogen and oxygen atoms in total. The number of hydrogen-bond acceptors (Lipinski definition) is 3. The van der Waals surface area contributed by atoms with Crippen molar-refractivity contribution in [1.82, 2.24) is 9.55 Å². The van der Waals surface area contributed by atoms with Crippen molar-refractivity contribution in [3.63, 3.8) is 0 Å². The predicted octanol–water partition coefficient (Wildman–Crippen LogP) is 6.55. The third-order valence-electron chi connectivity index (χ3n) is 3.70. The molecule has 1 heterocycles. The number of benzene rings is 2. The molecular formula is C20H18Cl4N2O3. The van der Waals surface area contributed by atoms with Gasteiger partial charge in [0.1, 0.15) is 6.10 Å². The summed E-state index contributed by atoms with van der Waals surface area (Å²) < 4.78 is 8.05. The highest BCUT2D eigenvalue weighted by Gasteiger charge is 2.17. The summed E-state index contributed by atoms with van der Waals surface area (Å²) in [5.41, 5.74) is 1.71. The molecule has 0 saturated carbocycles. The number of carboxylic acids is 1. The molecule has 0 saturated heterocycles. The zero-order chi connectivity index (χ0) is 21.4. The molecule has 1 unspecified atom stereocenters. The van der Waals surface area contributed by atoms with Gasteiger partial charge in [-0.25, -0.2) is 4.98 Å². The van der Waals surface area contributed by atoms with E-state index in [1.165, 1.54) is 0 Å². The van der Waals surface area contributed by atoms with Gasteiger partial charge in [0, 0.05) is 45.0 Å². The Kier molecular flexibility index (Phi) is 9.27. The average Bonchev–Trinajstić information content (AvgIpc) is 3.13. The van der Waals surface area contributed by atoms with Gasteiger partial charge in [0.05, 0.1) is 19.5 Å². The van der Waals surface area contributed by atoms with Gasteiger partial charge in [0.2, 0.25) is 0 Å². The molecule has 2 aromatic carbocycles. The molecule has 1 atom stereocenters. The molecule has 3 rings (SSSR count).